The molecule has 1 radical (unpaired) electrons. The molecule has 0 atom stereocenters. The predicted octanol–water partition coefficient (Wildman–Crippen LogP) is 0.824. The number of ether oxygens (including phenoxy) is 1. The molecule has 163 valence electrons. The molecule has 2 rings (SSSR count). The molecule has 2 heterocycles. The van der Waals surface area contributed by atoms with Gasteiger partial charge in [0, 0.05) is 26.2 Å². The van der Waals surface area contributed by atoms with Gasteiger partial charge in [-0.05, 0) is 36.3 Å². The average molecular weight is 487 g/mol. The zero-order chi connectivity index (χ0) is 20.2. The van der Waals surface area contributed by atoms with Gasteiger partial charge in [-0.25, -0.2) is 0 Å². The van der Waals surface area contributed by atoms with Crippen molar-refractivity contribution in [2.45, 2.75) is 20.4 Å². The van der Waals surface area contributed by atoms with Crippen LogP contribution in [0.5, 0.6) is 0 Å². The SMILES string of the molecule is CCN=C([S-])N/N=C(/C=N/NC([S-])=NCC)c1ccc(CN2CCOCC2)o1.[Cu+2]. The molecule has 29 heavy (non-hydrogen) atoms. The van der Waals surface area contributed by atoms with Crippen molar-refractivity contribution in [1.82, 2.24) is 15.8 Å². The molecule has 9 nitrogen and oxygen atoms in total. The van der Waals surface area contributed by atoms with Gasteiger partial charge < -0.3 is 34.4 Å². The molecular weight excluding hydrogens is 462 g/mol. The molecule has 0 bridgehead atoms. The van der Waals surface area contributed by atoms with Crippen LogP contribution >= 0.6 is 0 Å². The van der Waals surface area contributed by atoms with Crippen molar-refractivity contribution in [2.24, 2.45) is 20.2 Å². The molecule has 1 aromatic heterocycles. The number of furan rings is 1. The van der Waals surface area contributed by atoms with Gasteiger partial charge in [-0.2, -0.15) is 10.2 Å². The van der Waals surface area contributed by atoms with Gasteiger partial charge in [-0.3, -0.25) is 25.7 Å². The number of hydrazone groups is 2. The van der Waals surface area contributed by atoms with E-state index in [9.17, 15) is 0 Å². The number of rotatable bonds is 8. The molecule has 1 aliphatic heterocycles. The number of hydrogen-bond acceptors (Lipinski definition) is 9. The first-order valence-corrected chi connectivity index (χ1v) is 9.88. The van der Waals surface area contributed by atoms with E-state index in [4.69, 9.17) is 34.4 Å². The Labute approximate surface area is 192 Å². The van der Waals surface area contributed by atoms with Crippen molar-refractivity contribution >= 4 is 47.5 Å². The van der Waals surface area contributed by atoms with Gasteiger partial charge in [0.15, 0.2) is 5.76 Å². The Morgan fingerprint density at radius 1 is 1.10 bits per heavy atom. The van der Waals surface area contributed by atoms with Crippen molar-refractivity contribution in [3.8, 4) is 0 Å². The summed E-state index contributed by atoms with van der Waals surface area (Å²) in [5, 5.41) is 8.92. The van der Waals surface area contributed by atoms with Crippen LogP contribution in [-0.4, -0.2) is 66.6 Å². The van der Waals surface area contributed by atoms with Crippen LogP contribution in [0, 0.1) is 0 Å². The molecule has 0 amide bonds. The zero-order valence-electron chi connectivity index (χ0n) is 16.4. The molecule has 0 saturated carbocycles. The van der Waals surface area contributed by atoms with Crippen molar-refractivity contribution in [1.29, 1.82) is 0 Å². The molecule has 1 saturated heterocycles. The van der Waals surface area contributed by atoms with Crippen molar-refractivity contribution in [2.75, 3.05) is 39.4 Å². The smallest absolute Gasteiger partial charge is 0.741 e. The van der Waals surface area contributed by atoms with Crippen molar-refractivity contribution in [3.05, 3.63) is 23.7 Å². The predicted molar refractivity (Wildman–Crippen MR) is 117 cm³/mol. The Bertz CT molecular complexity index is 731. The van der Waals surface area contributed by atoms with E-state index in [1.807, 2.05) is 26.0 Å². The first-order valence-electron chi connectivity index (χ1n) is 9.07. The third-order valence-corrected chi connectivity index (χ3v) is 4.06. The average Bonchev–Trinajstić information content (AvgIpc) is 3.14. The molecule has 0 aromatic carbocycles. The third kappa shape index (κ3) is 9.66. The maximum Gasteiger partial charge on any atom is 2.00 e. The van der Waals surface area contributed by atoms with Crippen LogP contribution in [0.3, 0.4) is 0 Å². The normalized spacial score (nSPS) is 16.7. The van der Waals surface area contributed by atoms with Gasteiger partial charge in [0.25, 0.3) is 0 Å². The van der Waals surface area contributed by atoms with Crippen molar-refractivity contribution < 1.29 is 26.2 Å². The van der Waals surface area contributed by atoms with Gasteiger partial charge in [0.1, 0.15) is 11.5 Å². The summed E-state index contributed by atoms with van der Waals surface area (Å²) >= 11 is 10.1. The second kappa shape index (κ2) is 14.4. The Balaban J connectivity index is 0.00000420. The van der Waals surface area contributed by atoms with Crippen LogP contribution in [0.2, 0.25) is 0 Å². The number of morpholine rings is 1. The van der Waals surface area contributed by atoms with Crippen molar-refractivity contribution in [3.63, 3.8) is 0 Å². The topological polar surface area (TPSA) is 99.1 Å². The third-order valence-electron chi connectivity index (χ3n) is 3.62. The summed E-state index contributed by atoms with van der Waals surface area (Å²) in [5.41, 5.74) is 5.85. The summed E-state index contributed by atoms with van der Waals surface area (Å²) in [6.07, 6.45) is 1.50. The number of nitrogens with zero attached hydrogens (tertiary/aromatic N) is 5. The summed E-state index contributed by atoms with van der Waals surface area (Å²) < 4.78 is 11.3. The summed E-state index contributed by atoms with van der Waals surface area (Å²) in [6, 6.07) is 3.77. The Morgan fingerprint density at radius 2 is 1.76 bits per heavy atom. The number of amidine groups is 2. The molecule has 0 aliphatic carbocycles. The fourth-order valence-electron chi connectivity index (χ4n) is 2.34. The Hall–Kier alpha value is -1.56. The molecular formula is C17H25CuN7O2S2. The summed E-state index contributed by atoms with van der Waals surface area (Å²) in [5.74, 6) is 1.39. The molecule has 0 unspecified atom stereocenters. The summed E-state index contributed by atoms with van der Waals surface area (Å²) in [4.78, 5) is 10.4. The Kier molecular flexibility index (Phi) is 12.7. The molecule has 1 aromatic rings. The summed E-state index contributed by atoms with van der Waals surface area (Å²) in [7, 11) is 0. The van der Waals surface area contributed by atoms with E-state index in [-0.39, 0.29) is 22.2 Å². The van der Waals surface area contributed by atoms with E-state index in [0.29, 0.717) is 36.3 Å². The standard InChI is InChI=1S/C17H27N7O2S2.Cu/c1-3-18-16(27)22-20-11-14(21-23-17(28)19-4-2)15-6-5-13(26-15)12-24-7-9-25-10-8-24;/h5-6,11H,3-4,7-10,12H2,1-2H3,(H2,18,22,27)(H2,19,23,28);/q;+2/p-2/b20-11+,21-14-;. The maximum atomic E-state index is 5.94. The van der Waals surface area contributed by atoms with Crippen LogP contribution in [0.15, 0.2) is 36.7 Å². The quantitative estimate of drug-likeness (QED) is 0.184. The van der Waals surface area contributed by atoms with E-state index in [1.165, 1.54) is 6.21 Å². The second-order valence-corrected chi connectivity index (χ2v) is 6.47. The van der Waals surface area contributed by atoms with Crippen LogP contribution < -0.4 is 10.9 Å². The van der Waals surface area contributed by atoms with E-state index in [2.05, 4.69) is 35.9 Å². The molecule has 1 fully saturated rings. The Morgan fingerprint density at radius 3 is 2.41 bits per heavy atom. The number of hydrogen-bond donors (Lipinski definition) is 2. The first kappa shape index (κ1) is 25.5. The monoisotopic (exact) mass is 486 g/mol. The molecule has 2 N–H and O–H groups in total. The van der Waals surface area contributed by atoms with E-state index in [1.54, 1.807) is 0 Å². The minimum absolute atomic E-state index is 0. The van der Waals surface area contributed by atoms with Gasteiger partial charge in [-0.15, -0.1) is 0 Å². The minimum Gasteiger partial charge on any atom is -0.741 e. The number of nitrogens with one attached hydrogen (secondary N) is 2. The molecule has 12 heteroatoms. The molecule has 0 spiro atoms. The van der Waals surface area contributed by atoms with E-state index < -0.39 is 0 Å². The van der Waals surface area contributed by atoms with Crippen LogP contribution in [0.4, 0.5) is 0 Å². The fraction of sp³-hybridized carbons (Fsp3) is 0.529. The summed E-state index contributed by atoms with van der Waals surface area (Å²) in [6.45, 7) is 8.90. The van der Waals surface area contributed by atoms with E-state index in [0.717, 1.165) is 32.1 Å². The van der Waals surface area contributed by atoms with Gasteiger partial charge in [0.2, 0.25) is 0 Å². The van der Waals surface area contributed by atoms with Crippen LogP contribution in [0.25, 0.3) is 0 Å². The fourth-order valence-corrected chi connectivity index (χ4v) is 2.70. The van der Waals surface area contributed by atoms with E-state index >= 15 is 0 Å². The van der Waals surface area contributed by atoms with Gasteiger partial charge in [0.05, 0.1) is 26.0 Å². The van der Waals surface area contributed by atoms with Crippen LogP contribution in [0.1, 0.15) is 25.4 Å². The number of aliphatic imine (C=N–C) groups is 2. The largest absolute Gasteiger partial charge is 2.00 e. The first-order chi connectivity index (χ1) is 13.6. The second-order valence-electron chi connectivity index (χ2n) is 5.69. The minimum atomic E-state index is 0. The zero-order valence-corrected chi connectivity index (χ0v) is 18.9. The molecule has 1 aliphatic rings. The maximum absolute atomic E-state index is 5.94. The van der Waals surface area contributed by atoms with Gasteiger partial charge in [-0.1, -0.05) is 0 Å². The van der Waals surface area contributed by atoms with Crippen LogP contribution in [-0.2, 0) is 53.6 Å². The van der Waals surface area contributed by atoms with Gasteiger partial charge >= 0.3 is 17.1 Å².